The fraction of sp³-hybridized carbons (Fsp3) is 0.588. The number of rotatable bonds is 6. The Morgan fingerprint density at radius 1 is 1.29 bits per heavy atom. The Morgan fingerprint density at radius 2 is 1.95 bits per heavy atom. The van der Waals surface area contributed by atoms with Crippen LogP contribution in [0.15, 0.2) is 30.3 Å². The van der Waals surface area contributed by atoms with Gasteiger partial charge in [0.05, 0.1) is 0 Å². The SMILES string of the molecule is CCN(CC)C1(C(=O)O)CCCN(Cc2ccccc2)C1. The number of carboxylic acid groups (broad SMARTS) is 1. The van der Waals surface area contributed by atoms with Crippen molar-refractivity contribution in [1.29, 1.82) is 0 Å². The third-order valence-electron chi connectivity index (χ3n) is 4.57. The van der Waals surface area contributed by atoms with Crippen LogP contribution in [0, 0.1) is 0 Å². The number of nitrogens with zero attached hydrogens (tertiary/aromatic N) is 2. The van der Waals surface area contributed by atoms with E-state index in [4.69, 9.17) is 0 Å². The van der Waals surface area contributed by atoms with Gasteiger partial charge in [-0.3, -0.25) is 14.6 Å². The lowest BCUT2D eigenvalue weighted by Gasteiger charge is -2.46. The summed E-state index contributed by atoms with van der Waals surface area (Å²) in [5, 5.41) is 9.84. The van der Waals surface area contributed by atoms with Crippen LogP contribution in [0.5, 0.6) is 0 Å². The maximum Gasteiger partial charge on any atom is 0.325 e. The number of aliphatic carboxylic acids is 1. The molecule has 1 aromatic rings. The molecule has 0 amide bonds. The molecule has 0 bridgehead atoms. The van der Waals surface area contributed by atoms with Crippen LogP contribution in [0.3, 0.4) is 0 Å². The molecule has 1 N–H and O–H groups in total. The molecule has 0 spiro atoms. The lowest BCUT2D eigenvalue weighted by molar-refractivity contribution is -0.156. The Hall–Kier alpha value is -1.39. The Labute approximate surface area is 127 Å². The summed E-state index contributed by atoms with van der Waals surface area (Å²) in [7, 11) is 0. The second-order valence-corrected chi connectivity index (χ2v) is 5.81. The maximum absolute atomic E-state index is 12.0. The van der Waals surface area contributed by atoms with E-state index in [0.29, 0.717) is 6.54 Å². The third kappa shape index (κ3) is 3.44. The van der Waals surface area contributed by atoms with E-state index in [9.17, 15) is 9.90 Å². The molecule has 1 atom stereocenters. The zero-order valence-corrected chi connectivity index (χ0v) is 13.1. The number of piperidine rings is 1. The van der Waals surface area contributed by atoms with Crippen LogP contribution in [0.1, 0.15) is 32.3 Å². The van der Waals surface area contributed by atoms with E-state index in [1.54, 1.807) is 0 Å². The highest BCUT2D eigenvalue weighted by molar-refractivity contribution is 5.79. The molecule has 1 saturated heterocycles. The quantitative estimate of drug-likeness (QED) is 0.874. The van der Waals surface area contributed by atoms with Crippen molar-refractivity contribution >= 4 is 5.97 Å². The van der Waals surface area contributed by atoms with Crippen LogP contribution < -0.4 is 0 Å². The second kappa shape index (κ2) is 7.05. The second-order valence-electron chi connectivity index (χ2n) is 5.81. The monoisotopic (exact) mass is 290 g/mol. The number of likely N-dealkylation sites (N-methyl/N-ethyl adjacent to an activating group) is 1. The van der Waals surface area contributed by atoms with Crippen molar-refractivity contribution in [2.75, 3.05) is 26.2 Å². The molecule has 4 heteroatoms. The van der Waals surface area contributed by atoms with Crippen molar-refractivity contribution in [3.63, 3.8) is 0 Å². The van der Waals surface area contributed by atoms with Gasteiger partial charge in [0.2, 0.25) is 0 Å². The summed E-state index contributed by atoms with van der Waals surface area (Å²) in [5.74, 6) is -0.677. The van der Waals surface area contributed by atoms with E-state index >= 15 is 0 Å². The van der Waals surface area contributed by atoms with Gasteiger partial charge in [-0.15, -0.1) is 0 Å². The molecule has 0 aromatic heterocycles. The van der Waals surface area contributed by atoms with Gasteiger partial charge in [-0.2, -0.15) is 0 Å². The minimum atomic E-state index is -0.726. The molecule has 0 aliphatic carbocycles. The first-order valence-corrected chi connectivity index (χ1v) is 7.87. The molecule has 21 heavy (non-hydrogen) atoms. The minimum Gasteiger partial charge on any atom is -0.480 e. The molecule has 4 nitrogen and oxygen atoms in total. The topological polar surface area (TPSA) is 43.8 Å². The predicted molar refractivity (Wildman–Crippen MR) is 84.2 cm³/mol. The first-order valence-electron chi connectivity index (χ1n) is 7.87. The predicted octanol–water partition coefficient (Wildman–Crippen LogP) is 2.45. The summed E-state index contributed by atoms with van der Waals surface area (Å²) in [6.45, 7) is 8.07. The Bertz CT molecular complexity index is 459. The average Bonchev–Trinajstić information content (AvgIpc) is 2.49. The number of benzene rings is 1. The van der Waals surface area contributed by atoms with E-state index in [2.05, 4.69) is 21.9 Å². The van der Waals surface area contributed by atoms with Crippen molar-refractivity contribution < 1.29 is 9.90 Å². The maximum atomic E-state index is 12.0. The van der Waals surface area contributed by atoms with Crippen molar-refractivity contribution in [2.24, 2.45) is 0 Å². The van der Waals surface area contributed by atoms with Gasteiger partial charge in [0.15, 0.2) is 0 Å². The van der Waals surface area contributed by atoms with E-state index in [-0.39, 0.29) is 0 Å². The van der Waals surface area contributed by atoms with Gasteiger partial charge in [-0.25, -0.2) is 0 Å². The van der Waals surface area contributed by atoms with Gasteiger partial charge in [-0.1, -0.05) is 44.2 Å². The van der Waals surface area contributed by atoms with Crippen molar-refractivity contribution in [3.8, 4) is 0 Å². The Kier molecular flexibility index (Phi) is 5.37. The van der Waals surface area contributed by atoms with Crippen LogP contribution in [0.4, 0.5) is 0 Å². The largest absolute Gasteiger partial charge is 0.480 e. The molecule has 1 aliphatic rings. The molecule has 116 valence electrons. The number of carboxylic acids is 1. The van der Waals surface area contributed by atoms with Gasteiger partial charge < -0.3 is 5.11 Å². The van der Waals surface area contributed by atoms with Gasteiger partial charge in [0.1, 0.15) is 5.54 Å². The lowest BCUT2D eigenvalue weighted by atomic mass is 9.86. The summed E-state index contributed by atoms with van der Waals surface area (Å²) in [6, 6.07) is 10.3. The fourth-order valence-corrected chi connectivity index (χ4v) is 3.50. The van der Waals surface area contributed by atoms with Crippen molar-refractivity contribution in [3.05, 3.63) is 35.9 Å². The first-order chi connectivity index (χ1) is 10.1. The molecular formula is C17H26N2O2. The van der Waals surface area contributed by atoms with Crippen molar-refractivity contribution in [1.82, 2.24) is 9.80 Å². The average molecular weight is 290 g/mol. The highest BCUT2D eigenvalue weighted by atomic mass is 16.4. The molecular weight excluding hydrogens is 264 g/mol. The van der Waals surface area contributed by atoms with Gasteiger partial charge in [0.25, 0.3) is 0 Å². The Morgan fingerprint density at radius 3 is 2.52 bits per heavy atom. The van der Waals surface area contributed by atoms with E-state index in [1.807, 2.05) is 32.0 Å². The van der Waals surface area contributed by atoms with Crippen LogP contribution >= 0.6 is 0 Å². The molecule has 1 unspecified atom stereocenters. The molecule has 1 aromatic carbocycles. The standard InChI is InChI=1S/C17H26N2O2/c1-3-19(4-2)17(16(20)21)11-8-12-18(14-17)13-15-9-6-5-7-10-15/h5-7,9-10H,3-4,8,11-14H2,1-2H3,(H,20,21). The van der Waals surface area contributed by atoms with Crippen LogP contribution in [0.2, 0.25) is 0 Å². The highest BCUT2D eigenvalue weighted by Crippen LogP contribution is 2.29. The smallest absolute Gasteiger partial charge is 0.325 e. The zero-order chi connectivity index (χ0) is 15.3. The number of hydrogen-bond donors (Lipinski definition) is 1. The minimum absolute atomic E-state index is 0.610. The third-order valence-corrected chi connectivity index (χ3v) is 4.57. The van der Waals surface area contributed by atoms with E-state index in [0.717, 1.165) is 39.0 Å². The number of carbonyl (C=O) groups is 1. The molecule has 0 saturated carbocycles. The Balaban J connectivity index is 2.15. The molecule has 1 heterocycles. The van der Waals surface area contributed by atoms with E-state index < -0.39 is 11.5 Å². The zero-order valence-electron chi connectivity index (χ0n) is 13.1. The number of hydrogen-bond acceptors (Lipinski definition) is 3. The van der Waals surface area contributed by atoms with Crippen molar-refractivity contribution in [2.45, 2.75) is 38.8 Å². The summed E-state index contributed by atoms with van der Waals surface area (Å²) in [6.07, 6.45) is 1.69. The molecule has 1 fully saturated rings. The summed E-state index contributed by atoms with van der Waals surface area (Å²) < 4.78 is 0. The molecule has 1 aliphatic heterocycles. The lowest BCUT2D eigenvalue weighted by Crippen LogP contribution is -2.63. The van der Waals surface area contributed by atoms with Gasteiger partial charge in [-0.05, 0) is 38.0 Å². The van der Waals surface area contributed by atoms with Gasteiger partial charge in [0, 0.05) is 13.1 Å². The first kappa shape index (κ1) is 16.0. The highest BCUT2D eigenvalue weighted by Gasteiger charge is 2.46. The molecule has 0 radical (unpaired) electrons. The molecule has 2 rings (SSSR count). The number of likely N-dealkylation sites (tertiary alicyclic amines) is 1. The van der Waals surface area contributed by atoms with E-state index in [1.165, 1.54) is 5.56 Å². The summed E-state index contributed by atoms with van der Waals surface area (Å²) in [5.41, 5.74) is 0.523. The van der Waals surface area contributed by atoms with Crippen LogP contribution in [-0.4, -0.2) is 52.6 Å². The van der Waals surface area contributed by atoms with Gasteiger partial charge >= 0.3 is 5.97 Å². The van der Waals surface area contributed by atoms with Crippen LogP contribution in [0.25, 0.3) is 0 Å². The summed E-state index contributed by atoms with van der Waals surface area (Å²) in [4.78, 5) is 16.4. The normalized spacial score (nSPS) is 23.4. The fourth-order valence-electron chi connectivity index (χ4n) is 3.50. The van der Waals surface area contributed by atoms with Crippen LogP contribution in [-0.2, 0) is 11.3 Å². The summed E-state index contributed by atoms with van der Waals surface area (Å²) >= 11 is 0.